The number of para-hydroxylation sites is 1. The van der Waals surface area contributed by atoms with Crippen LogP contribution in [0.1, 0.15) is 12.8 Å². The van der Waals surface area contributed by atoms with Crippen molar-refractivity contribution in [3.05, 3.63) is 22.7 Å². The minimum atomic E-state index is 0.426. The molecule has 0 radical (unpaired) electrons. The largest absolute Gasteiger partial charge is 0.488 e. The molecule has 1 heterocycles. The van der Waals surface area contributed by atoms with Crippen LogP contribution in [0.5, 0.6) is 5.75 Å². The summed E-state index contributed by atoms with van der Waals surface area (Å²) in [5.41, 5.74) is 1.09. The van der Waals surface area contributed by atoms with E-state index >= 15 is 0 Å². The summed E-state index contributed by atoms with van der Waals surface area (Å²) in [5.74, 6) is 0.937. The lowest BCUT2D eigenvalue weighted by Gasteiger charge is -2.28. The second-order valence-corrected chi connectivity index (χ2v) is 4.87. The van der Waals surface area contributed by atoms with Gasteiger partial charge in [-0.2, -0.15) is 0 Å². The van der Waals surface area contributed by atoms with Crippen LogP contribution in [0.2, 0.25) is 0 Å². The van der Waals surface area contributed by atoms with E-state index in [1.807, 2.05) is 19.2 Å². The van der Waals surface area contributed by atoms with Gasteiger partial charge in [0.15, 0.2) is 5.75 Å². The summed E-state index contributed by atoms with van der Waals surface area (Å²) >= 11 is 3.49. The van der Waals surface area contributed by atoms with E-state index in [1.165, 1.54) is 6.42 Å². The molecule has 2 rings (SSSR count). The predicted octanol–water partition coefficient (Wildman–Crippen LogP) is 2.62. The maximum Gasteiger partial charge on any atom is 0.156 e. The summed E-state index contributed by atoms with van der Waals surface area (Å²) in [6, 6.07) is 6.51. The molecule has 1 aliphatic heterocycles. The van der Waals surface area contributed by atoms with Crippen LogP contribution in [0, 0.1) is 0 Å². The van der Waals surface area contributed by atoms with Crippen LogP contribution in [0.4, 0.5) is 5.69 Å². The Labute approximate surface area is 105 Å². The molecule has 1 aliphatic rings. The maximum absolute atomic E-state index is 5.77. The van der Waals surface area contributed by atoms with Crippen LogP contribution >= 0.6 is 15.9 Å². The molecule has 0 spiro atoms. The Morgan fingerprint density at radius 3 is 3.25 bits per heavy atom. The Morgan fingerprint density at radius 1 is 1.56 bits per heavy atom. The number of hydrogen-bond donors (Lipinski definition) is 2. The molecule has 0 bridgehead atoms. The van der Waals surface area contributed by atoms with Gasteiger partial charge in [0.2, 0.25) is 0 Å². The van der Waals surface area contributed by atoms with Crippen LogP contribution in [-0.4, -0.2) is 26.2 Å². The zero-order valence-corrected chi connectivity index (χ0v) is 11.0. The standard InChI is InChI=1S/C12H17BrN2O/c1-14-7-3-4-9-8-16-12-10(13)5-2-6-11(12)15-9/h2,5-6,9,14-15H,3-4,7-8H2,1H3. The molecule has 4 heteroatoms. The monoisotopic (exact) mass is 284 g/mol. The number of ether oxygens (including phenoxy) is 1. The molecule has 0 saturated heterocycles. The van der Waals surface area contributed by atoms with Crippen LogP contribution in [0.3, 0.4) is 0 Å². The van der Waals surface area contributed by atoms with Crippen LogP contribution in [-0.2, 0) is 0 Å². The number of rotatable bonds is 4. The molecule has 1 unspecified atom stereocenters. The van der Waals surface area contributed by atoms with Crippen molar-refractivity contribution in [3.63, 3.8) is 0 Å². The Kier molecular flexibility index (Phi) is 4.07. The fourth-order valence-electron chi connectivity index (χ4n) is 1.90. The van der Waals surface area contributed by atoms with E-state index in [4.69, 9.17) is 4.74 Å². The zero-order chi connectivity index (χ0) is 11.4. The molecule has 1 aromatic carbocycles. The average Bonchev–Trinajstić information content (AvgIpc) is 2.30. The number of hydrogen-bond acceptors (Lipinski definition) is 3. The van der Waals surface area contributed by atoms with E-state index in [0.29, 0.717) is 6.04 Å². The maximum atomic E-state index is 5.77. The normalized spacial score (nSPS) is 18.5. The number of nitrogens with one attached hydrogen (secondary N) is 2. The van der Waals surface area contributed by atoms with Gasteiger partial charge in [-0.15, -0.1) is 0 Å². The van der Waals surface area contributed by atoms with E-state index < -0.39 is 0 Å². The molecule has 16 heavy (non-hydrogen) atoms. The molecule has 0 amide bonds. The van der Waals surface area contributed by atoms with Crippen molar-refractivity contribution < 1.29 is 4.74 Å². The fourth-order valence-corrected chi connectivity index (χ4v) is 2.38. The second kappa shape index (κ2) is 5.55. The van der Waals surface area contributed by atoms with Gasteiger partial charge in [0.25, 0.3) is 0 Å². The molecule has 0 aliphatic carbocycles. The molecular weight excluding hydrogens is 268 g/mol. The SMILES string of the molecule is CNCCCC1COc2c(Br)cccc2N1. The van der Waals surface area contributed by atoms with Gasteiger partial charge < -0.3 is 15.4 Å². The average molecular weight is 285 g/mol. The third kappa shape index (κ3) is 2.68. The molecule has 88 valence electrons. The van der Waals surface area contributed by atoms with Crippen LogP contribution < -0.4 is 15.4 Å². The Morgan fingerprint density at radius 2 is 2.44 bits per heavy atom. The lowest BCUT2D eigenvalue weighted by molar-refractivity contribution is 0.275. The van der Waals surface area contributed by atoms with Gasteiger partial charge in [-0.3, -0.25) is 0 Å². The molecule has 0 saturated carbocycles. The van der Waals surface area contributed by atoms with Crippen molar-refractivity contribution in [1.82, 2.24) is 5.32 Å². The fraction of sp³-hybridized carbons (Fsp3) is 0.500. The first-order valence-corrected chi connectivity index (χ1v) is 6.43. The van der Waals surface area contributed by atoms with E-state index in [0.717, 1.165) is 35.5 Å². The molecular formula is C12H17BrN2O. The number of benzene rings is 1. The van der Waals surface area contributed by atoms with Gasteiger partial charge in [0, 0.05) is 0 Å². The van der Waals surface area contributed by atoms with Crippen molar-refractivity contribution in [1.29, 1.82) is 0 Å². The quantitative estimate of drug-likeness (QED) is 0.834. The summed E-state index contributed by atoms with van der Waals surface area (Å²) in [6.45, 7) is 1.81. The topological polar surface area (TPSA) is 33.3 Å². The minimum Gasteiger partial charge on any atom is -0.488 e. The molecule has 1 atom stereocenters. The van der Waals surface area contributed by atoms with Crippen molar-refractivity contribution in [2.75, 3.05) is 25.5 Å². The molecule has 0 aromatic heterocycles. The van der Waals surface area contributed by atoms with Gasteiger partial charge in [-0.25, -0.2) is 0 Å². The lowest BCUT2D eigenvalue weighted by Crippen LogP contribution is -2.32. The first kappa shape index (κ1) is 11.7. The van der Waals surface area contributed by atoms with Gasteiger partial charge in [0.05, 0.1) is 16.2 Å². The van der Waals surface area contributed by atoms with Crippen molar-refractivity contribution >= 4 is 21.6 Å². The Hall–Kier alpha value is -0.740. The molecule has 1 aromatic rings. The van der Waals surface area contributed by atoms with Crippen molar-refractivity contribution in [2.45, 2.75) is 18.9 Å². The smallest absolute Gasteiger partial charge is 0.156 e. The summed E-state index contributed by atoms with van der Waals surface area (Å²) < 4.78 is 6.79. The summed E-state index contributed by atoms with van der Waals surface area (Å²) in [7, 11) is 1.98. The Bertz CT molecular complexity index is 357. The molecule has 3 nitrogen and oxygen atoms in total. The minimum absolute atomic E-state index is 0.426. The summed E-state index contributed by atoms with van der Waals surface area (Å²) in [4.78, 5) is 0. The number of anilines is 1. The van der Waals surface area contributed by atoms with E-state index in [-0.39, 0.29) is 0 Å². The van der Waals surface area contributed by atoms with Crippen LogP contribution in [0.15, 0.2) is 22.7 Å². The molecule has 0 fully saturated rings. The number of fused-ring (bicyclic) bond motifs is 1. The zero-order valence-electron chi connectivity index (χ0n) is 9.42. The van der Waals surface area contributed by atoms with Crippen molar-refractivity contribution in [3.8, 4) is 5.75 Å². The van der Waals surface area contributed by atoms with Gasteiger partial charge in [0.1, 0.15) is 6.61 Å². The van der Waals surface area contributed by atoms with Gasteiger partial charge >= 0.3 is 0 Å². The highest BCUT2D eigenvalue weighted by atomic mass is 79.9. The van der Waals surface area contributed by atoms with Crippen molar-refractivity contribution in [2.24, 2.45) is 0 Å². The summed E-state index contributed by atoms with van der Waals surface area (Å²) in [5, 5.41) is 6.67. The van der Waals surface area contributed by atoms with E-state index in [2.05, 4.69) is 32.6 Å². The Balaban J connectivity index is 1.96. The first-order chi connectivity index (χ1) is 7.81. The lowest BCUT2D eigenvalue weighted by atomic mass is 10.1. The first-order valence-electron chi connectivity index (χ1n) is 5.63. The second-order valence-electron chi connectivity index (χ2n) is 4.01. The highest BCUT2D eigenvalue weighted by Gasteiger charge is 2.19. The van der Waals surface area contributed by atoms with E-state index in [9.17, 15) is 0 Å². The van der Waals surface area contributed by atoms with Gasteiger partial charge in [-0.05, 0) is 54.5 Å². The highest BCUT2D eigenvalue weighted by Crippen LogP contribution is 2.36. The highest BCUT2D eigenvalue weighted by molar-refractivity contribution is 9.10. The third-order valence-corrected chi connectivity index (χ3v) is 3.36. The predicted molar refractivity (Wildman–Crippen MR) is 70.2 cm³/mol. The third-order valence-electron chi connectivity index (χ3n) is 2.73. The van der Waals surface area contributed by atoms with Crippen LogP contribution in [0.25, 0.3) is 0 Å². The molecule has 2 N–H and O–H groups in total. The number of halogens is 1. The summed E-state index contributed by atoms with van der Waals surface area (Å²) in [6.07, 6.45) is 2.30. The van der Waals surface area contributed by atoms with Gasteiger partial charge in [-0.1, -0.05) is 6.07 Å². The van der Waals surface area contributed by atoms with E-state index in [1.54, 1.807) is 0 Å².